The highest BCUT2D eigenvalue weighted by Gasteiger charge is 1.80. The largest absolute Gasteiger partial charge is 0.355 e. The fourth-order valence-electron chi connectivity index (χ4n) is 0.485. The lowest BCUT2D eigenvalue weighted by molar-refractivity contribution is -0.109. The van der Waals surface area contributed by atoms with Crippen LogP contribution in [0, 0.1) is 0 Å². The highest BCUT2D eigenvalue weighted by atomic mass is 16.1. The fourth-order valence-corrected chi connectivity index (χ4v) is 0.485. The van der Waals surface area contributed by atoms with Gasteiger partial charge in [0, 0.05) is 13.1 Å². The highest BCUT2D eigenvalue weighted by Crippen LogP contribution is 1.75. The van der Waals surface area contributed by atoms with E-state index in [1.165, 1.54) is 0 Å². The summed E-state index contributed by atoms with van der Waals surface area (Å²) in [4.78, 5) is 11.8. The minimum atomic E-state index is 0.622. The number of carbonyl (C=O) groups excluding carboxylic acids is 1. The van der Waals surface area contributed by atoms with Crippen molar-refractivity contribution in [2.24, 2.45) is 0 Å². The first-order chi connectivity index (χ1) is 4.77. The lowest BCUT2D eigenvalue weighted by Crippen LogP contribution is -2.12. The van der Waals surface area contributed by atoms with Crippen LogP contribution in [0.25, 0.3) is 0 Å². The van der Waals surface area contributed by atoms with Crippen molar-refractivity contribution in [2.45, 2.75) is 0 Å². The standard InChI is InChI=1S/C7H14N2O/c1-9(2)6-4-3-5-8-7-10/h3-4,7H,5-6H2,1-2H3,(H,8,10). The molecule has 1 N–H and O–H groups in total. The quantitative estimate of drug-likeness (QED) is 0.329. The molecule has 0 saturated carbocycles. The van der Waals surface area contributed by atoms with E-state index in [-0.39, 0.29) is 0 Å². The van der Waals surface area contributed by atoms with Crippen molar-refractivity contribution in [1.29, 1.82) is 0 Å². The summed E-state index contributed by atoms with van der Waals surface area (Å²) in [6.07, 6.45) is 4.63. The number of nitrogens with one attached hydrogen (secondary N) is 1. The van der Waals surface area contributed by atoms with Crippen molar-refractivity contribution >= 4 is 6.41 Å². The molecule has 0 atom stereocenters. The Morgan fingerprint density at radius 3 is 2.60 bits per heavy atom. The molecule has 0 saturated heterocycles. The summed E-state index contributed by atoms with van der Waals surface area (Å²) in [5.41, 5.74) is 0. The average Bonchev–Trinajstić information content (AvgIpc) is 1.87. The number of hydrogen-bond acceptors (Lipinski definition) is 2. The van der Waals surface area contributed by atoms with Gasteiger partial charge in [0.05, 0.1) is 0 Å². The van der Waals surface area contributed by atoms with Crippen LogP contribution in [0.5, 0.6) is 0 Å². The Morgan fingerprint density at radius 1 is 1.40 bits per heavy atom. The first-order valence-corrected chi connectivity index (χ1v) is 3.24. The molecule has 1 amide bonds. The molecule has 0 aliphatic carbocycles. The summed E-state index contributed by atoms with van der Waals surface area (Å²) in [5, 5.41) is 2.54. The topological polar surface area (TPSA) is 32.3 Å². The van der Waals surface area contributed by atoms with Crippen LogP contribution in [0.15, 0.2) is 12.2 Å². The zero-order valence-electron chi connectivity index (χ0n) is 6.50. The Balaban J connectivity index is 3.11. The fraction of sp³-hybridized carbons (Fsp3) is 0.571. The Labute approximate surface area is 61.7 Å². The molecule has 3 heteroatoms. The lowest BCUT2D eigenvalue weighted by atomic mass is 10.4. The minimum absolute atomic E-state index is 0.622. The highest BCUT2D eigenvalue weighted by molar-refractivity contribution is 5.46. The lowest BCUT2D eigenvalue weighted by Gasteiger charge is -2.02. The Kier molecular flexibility index (Phi) is 5.77. The zero-order valence-corrected chi connectivity index (χ0v) is 6.50. The molecule has 0 unspecified atom stereocenters. The molecule has 0 aliphatic heterocycles. The molecule has 0 aromatic rings. The first-order valence-electron chi connectivity index (χ1n) is 3.24. The van der Waals surface area contributed by atoms with Gasteiger partial charge in [-0.15, -0.1) is 0 Å². The van der Waals surface area contributed by atoms with Gasteiger partial charge in [-0.3, -0.25) is 4.79 Å². The molecule has 0 aromatic heterocycles. The van der Waals surface area contributed by atoms with Crippen LogP contribution in [-0.4, -0.2) is 38.5 Å². The minimum Gasteiger partial charge on any atom is -0.355 e. The van der Waals surface area contributed by atoms with Crippen LogP contribution in [0.4, 0.5) is 0 Å². The molecule has 0 aliphatic rings. The zero-order chi connectivity index (χ0) is 7.82. The van der Waals surface area contributed by atoms with Crippen LogP contribution in [0.2, 0.25) is 0 Å². The van der Waals surface area contributed by atoms with Crippen molar-refractivity contribution in [3.63, 3.8) is 0 Å². The number of hydrogen-bond donors (Lipinski definition) is 1. The van der Waals surface area contributed by atoms with Crippen LogP contribution < -0.4 is 5.32 Å². The second-order valence-electron chi connectivity index (χ2n) is 2.26. The van der Waals surface area contributed by atoms with E-state index < -0.39 is 0 Å². The molecule has 0 radical (unpaired) electrons. The SMILES string of the molecule is CN(C)CC=CCNC=O. The molecule has 3 nitrogen and oxygen atoms in total. The van der Waals surface area contributed by atoms with E-state index in [9.17, 15) is 4.79 Å². The van der Waals surface area contributed by atoms with E-state index in [1.807, 2.05) is 26.2 Å². The molecule has 58 valence electrons. The second-order valence-corrected chi connectivity index (χ2v) is 2.26. The van der Waals surface area contributed by atoms with Crippen LogP contribution in [0.3, 0.4) is 0 Å². The average molecular weight is 142 g/mol. The summed E-state index contributed by atoms with van der Waals surface area (Å²) in [6, 6.07) is 0. The van der Waals surface area contributed by atoms with Gasteiger partial charge in [-0.1, -0.05) is 12.2 Å². The van der Waals surface area contributed by atoms with Crippen molar-refractivity contribution in [2.75, 3.05) is 27.2 Å². The van der Waals surface area contributed by atoms with Gasteiger partial charge in [0.15, 0.2) is 0 Å². The maximum absolute atomic E-state index is 9.75. The predicted molar refractivity (Wildman–Crippen MR) is 41.8 cm³/mol. The Hall–Kier alpha value is -0.830. The van der Waals surface area contributed by atoms with Gasteiger partial charge in [-0.25, -0.2) is 0 Å². The third-order valence-electron chi connectivity index (χ3n) is 0.956. The predicted octanol–water partition coefficient (Wildman–Crippen LogP) is -0.150. The van der Waals surface area contributed by atoms with Gasteiger partial charge in [0.25, 0.3) is 0 Å². The summed E-state index contributed by atoms with van der Waals surface area (Å²) in [5.74, 6) is 0. The van der Waals surface area contributed by atoms with Crippen molar-refractivity contribution in [3.8, 4) is 0 Å². The molecule has 0 bridgehead atoms. The molecule has 0 spiro atoms. The first kappa shape index (κ1) is 9.17. The van der Waals surface area contributed by atoms with Crippen LogP contribution in [0.1, 0.15) is 0 Å². The molecular weight excluding hydrogens is 128 g/mol. The smallest absolute Gasteiger partial charge is 0.207 e. The number of likely N-dealkylation sites (N-methyl/N-ethyl adjacent to an activating group) is 1. The monoisotopic (exact) mass is 142 g/mol. The third-order valence-corrected chi connectivity index (χ3v) is 0.956. The third kappa shape index (κ3) is 7.17. The summed E-state index contributed by atoms with van der Waals surface area (Å²) in [6.45, 7) is 1.54. The van der Waals surface area contributed by atoms with Crippen LogP contribution in [-0.2, 0) is 4.79 Å². The van der Waals surface area contributed by atoms with Gasteiger partial charge in [0.1, 0.15) is 0 Å². The Bertz CT molecular complexity index is 110. The molecule has 0 rings (SSSR count). The van der Waals surface area contributed by atoms with E-state index in [2.05, 4.69) is 10.2 Å². The summed E-state index contributed by atoms with van der Waals surface area (Å²) in [7, 11) is 4.00. The van der Waals surface area contributed by atoms with Gasteiger partial charge in [-0.2, -0.15) is 0 Å². The summed E-state index contributed by atoms with van der Waals surface area (Å²) >= 11 is 0. The number of amides is 1. The van der Waals surface area contributed by atoms with E-state index in [0.717, 1.165) is 6.54 Å². The molecule has 0 aromatic carbocycles. The maximum Gasteiger partial charge on any atom is 0.207 e. The van der Waals surface area contributed by atoms with Gasteiger partial charge in [-0.05, 0) is 14.1 Å². The second kappa shape index (κ2) is 6.29. The van der Waals surface area contributed by atoms with Gasteiger partial charge in [0.2, 0.25) is 6.41 Å². The normalized spacial score (nSPS) is 10.7. The van der Waals surface area contributed by atoms with Crippen molar-refractivity contribution in [3.05, 3.63) is 12.2 Å². The summed E-state index contributed by atoms with van der Waals surface area (Å²) < 4.78 is 0. The van der Waals surface area contributed by atoms with Crippen molar-refractivity contribution < 1.29 is 4.79 Å². The molecule has 0 heterocycles. The van der Waals surface area contributed by atoms with Gasteiger partial charge < -0.3 is 10.2 Å². The van der Waals surface area contributed by atoms with Crippen molar-refractivity contribution in [1.82, 2.24) is 10.2 Å². The van der Waals surface area contributed by atoms with Crippen LogP contribution >= 0.6 is 0 Å². The molecule has 10 heavy (non-hydrogen) atoms. The number of rotatable bonds is 5. The number of nitrogens with zero attached hydrogens (tertiary/aromatic N) is 1. The van der Waals surface area contributed by atoms with Gasteiger partial charge >= 0.3 is 0 Å². The van der Waals surface area contributed by atoms with E-state index in [4.69, 9.17) is 0 Å². The van der Waals surface area contributed by atoms with E-state index in [0.29, 0.717) is 13.0 Å². The maximum atomic E-state index is 9.75. The molecule has 0 fully saturated rings. The Morgan fingerprint density at radius 2 is 2.10 bits per heavy atom. The van der Waals surface area contributed by atoms with E-state index in [1.54, 1.807) is 0 Å². The number of carbonyl (C=O) groups is 1. The molecular formula is C7H14N2O. The van der Waals surface area contributed by atoms with E-state index >= 15 is 0 Å².